The molecule has 1 saturated carbocycles. The SMILES string of the molecule is [2H]C([2H])([2H])CC(=O)c1cnc(NC(=O)C2CC2)cc1Cl. The zero-order valence-corrected chi connectivity index (χ0v) is 9.75. The summed E-state index contributed by atoms with van der Waals surface area (Å²) in [4.78, 5) is 27.2. The first-order valence-electron chi connectivity index (χ1n) is 6.76. The predicted molar refractivity (Wildman–Crippen MR) is 65.2 cm³/mol. The van der Waals surface area contributed by atoms with E-state index in [-0.39, 0.29) is 28.2 Å². The Morgan fingerprint density at radius 2 is 2.41 bits per heavy atom. The number of nitrogens with zero attached hydrogens (tertiary/aromatic N) is 1. The van der Waals surface area contributed by atoms with Crippen molar-refractivity contribution < 1.29 is 13.7 Å². The second-order valence-corrected chi connectivity index (χ2v) is 4.32. The Hall–Kier alpha value is -1.42. The number of hydrogen-bond acceptors (Lipinski definition) is 3. The second-order valence-electron chi connectivity index (χ2n) is 3.91. The predicted octanol–water partition coefficient (Wildman–Crippen LogP) is 2.68. The van der Waals surface area contributed by atoms with Gasteiger partial charge in [-0.15, -0.1) is 0 Å². The molecular formula is C12H13ClN2O2. The number of carbonyl (C=O) groups is 2. The molecule has 0 bridgehead atoms. The molecule has 0 aromatic carbocycles. The number of anilines is 1. The van der Waals surface area contributed by atoms with Gasteiger partial charge in [-0.05, 0) is 12.8 Å². The molecule has 1 aliphatic carbocycles. The lowest BCUT2D eigenvalue weighted by atomic mass is 10.1. The fourth-order valence-electron chi connectivity index (χ4n) is 1.37. The minimum Gasteiger partial charge on any atom is -0.310 e. The lowest BCUT2D eigenvalue weighted by Gasteiger charge is -2.06. The molecule has 1 aromatic heterocycles. The monoisotopic (exact) mass is 255 g/mol. The first kappa shape index (κ1) is 8.64. The van der Waals surface area contributed by atoms with Gasteiger partial charge in [0.1, 0.15) is 5.82 Å². The third-order valence-electron chi connectivity index (χ3n) is 2.51. The van der Waals surface area contributed by atoms with Crippen LogP contribution in [0.4, 0.5) is 5.82 Å². The molecule has 1 aromatic rings. The Morgan fingerprint density at radius 1 is 1.65 bits per heavy atom. The van der Waals surface area contributed by atoms with E-state index < -0.39 is 19.1 Å². The van der Waals surface area contributed by atoms with Crippen molar-refractivity contribution in [2.75, 3.05) is 5.32 Å². The van der Waals surface area contributed by atoms with Crippen molar-refractivity contribution in [3.63, 3.8) is 0 Å². The van der Waals surface area contributed by atoms with Gasteiger partial charge in [-0.25, -0.2) is 4.98 Å². The zero-order chi connectivity index (χ0) is 14.9. The van der Waals surface area contributed by atoms with Gasteiger partial charge in [0.15, 0.2) is 5.78 Å². The van der Waals surface area contributed by atoms with Crippen molar-refractivity contribution in [3.8, 4) is 0 Å². The molecule has 90 valence electrons. The van der Waals surface area contributed by atoms with E-state index in [0.29, 0.717) is 0 Å². The Balaban J connectivity index is 2.08. The number of rotatable bonds is 4. The second kappa shape index (κ2) is 4.84. The lowest BCUT2D eigenvalue weighted by molar-refractivity contribution is -0.117. The maximum atomic E-state index is 11.8. The van der Waals surface area contributed by atoms with E-state index in [2.05, 4.69) is 10.3 Å². The topological polar surface area (TPSA) is 59.1 Å². The van der Waals surface area contributed by atoms with Crippen LogP contribution in [-0.4, -0.2) is 16.7 Å². The van der Waals surface area contributed by atoms with Gasteiger partial charge in [-0.2, -0.15) is 0 Å². The molecule has 1 N–H and O–H groups in total. The van der Waals surface area contributed by atoms with Gasteiger partial charge in [0.2, 0.25) is 5.91 Å². The van der Waals surface area contributed by atoms with Crippen LogP contribution in [0.1, 0.15) is 40.6 Å². The number of halogens is 1. The normalized spacial score (nSPS) is 17.8. The summed E-state index contributed by atoms with van der Waals surface area (Å²) < 4.78 is 21.2. The Morgan fingerprint density at radius 3 is 3.00 bits per heavy atom. The molecule has 1 fully saturated rings. The Kier molecular flexibility index (Phi) is 2.46. The fraction of sp³-hybridized carbons (Fsp3) is 0.417. The van der Waals surface area contributed by atoms with Gasteiger partial charge in [-0.3, -0.25) is 9.59 Å². The quantitative estimate of drug-likeness (QED) is 0.842. The summed E-state index contributed by atoms with van der Waals surface area (Å²) in [7, 11) is 0. The summed E-state index contributed by atoms with van der Waals surface area (Å²) >= 11 is 5.94. The maximum absolute atomic E-state index is 11.8. The summed E-state index contributed by atoms with van der Waals surface area (Å²) in [5.74, 6) is -0.414. The number of aromatic nitrogens is 1. The van der Waals surface area contributed by atoms with E-state index in [1.807, 2.05) is 0 Å². The van der Waals surface area contributed by atoms with Crippen LogP contribution in [0.25, 0.3) is 0 Å². The number of nitrogens with one attached hydrogen (secondary N) is 1. The number of pyridine rings is 1. The Bertz CT molecular complexity index is 556. The zero-order valence-electron chi connectivity index (χ0n) is 12.0. The van der Waals surface area contributed by atoms with Gasteiger partial charge in [-0.1, -0.05) is 18.5 Å². The number of amides is 1. The fourth-order valence-corrected chi connectivity index (χ4v) is 1.63. The average Bonchev–Trinajstić information content (AvgIpc) is 3.09. The molecule has 4 nitrogen and oxygen atoms in total. The highest BCUT2D eigenvalue weighted by molar-refractivity contribution is 6.34. The van der Waals surface area contributed by atoms with Crippen LogP contribution in [-0.2, 0) is 4.79 Å². The highest BCUT2D eigenvalue weighted by atomic mass is 35.5. The van der Waals surface area contributed by atoms with Crippen molar-refractivity contribution in [1.29, 1.82) is 0 Å². The third-order valence-corrected chi connectivity index (χ3v) is 2.83. The number of Topliss-reactive ketones (excluding diaryl/α,β-unsaturated/α-hetero) is 1. The molecule has 0 unspecified atom stereocenters. The van der Waals surface area contributed by atoms with Crippen LogP contribution in [0.15, 0.2) is 12.3 Å². The molecule has 0 atom stereocenters. The van der Waals surface area contributed by atoms with E-state index in [1.54, 1.807) is 0 Å². The molecule has 0 aliphatic heterocycles. The molecule has 0 radical (unpaired) electrons. The van der Waals surface area contributed by atoms with Crippen LogP contribution in [0.5, 0.6) is 0 Å². The van der Waals surface area contributed by atoms with Crippen LogP contribution >= 0.6 is 11.6 Å². The minimum atomic E-state index is -2.35. The van der Waals surface area contributed by atoms with Crippen molar-refractivity contribution in [1.82, 2.24) is 4.98 Å². The van der Waals surface area contributed by atoms with Crippen LogP contribution in [0, 0.1) is 5.92 Å². The highest BCUT2D eigenvalue weighted by Gasteiger charge is 2.29. The molecule has 0 spiro atoms. The summed E-state index contributed by atoms with van der Waals surface area (Å²) in [6.07, 6.45) is 2.34. The number of hydrogen-bond donors (Lipinski definition) is 1. The molecule has 1 amide bonds. The third kappa shape index (κ3) is 2.82. The van der Waals surface area contributed by atoms with Crippen molar-refractivity contribution in [2.24, 2.45) is 5.92 Å². The van der Waals surface area contributed by atoms with Crippen LogP contribution in [0.2, 0.25) is 5.02 Å². The number of carbonyl (C=O) groups excluding carboxylic acids is 2. The molecule has 2 rings (SSSR count). The van der Waals surface area contributed by atoms with Crippen molar-refractivity contribution >= 4 is 29.1 Å². The molecule has 0 saturated heterocycles. The van der Waals surface area contributed by atoms with Gasteiger partial charge in [0.05, 0.1) is 10.6 Å². The Labute approximate surface area is 109 Å². The van der Waals surface area contributed by atoms with Crippen LogP contribution in [0.3, 0.4) is 0 Å². The van der Waals surface area contributed by atoms with Crippen molar-refractivity contribution in [2.45, 2.75) is 26.1 Å². The molecular weight excluding hydrogens is 240 g/mol. The van der Waals surface area contributed by atoms with E-state index in [9.17, 15) is 9.59 Å². The van der Waals surface area contributed by atoms with E-state index in [4.69, 9.17) is 15.7 Å². The lowest BCUT2D eigenvalue weighted by Crippen LogP contribution is -2.14. The smallest absolute Gasteiger partial charge is 0.228 e. The molecule has 1 aliphatic rings. The summed E-state index contributed by atoms with van der Waals surface area (Å²) in [5.41, 5.74) is 0.0483. The summed E-state index contributed by atoms with van der Waals surface area (Å²) in [6, 6.07) is 1.36. The largest absolute Gasteiger partial charge is 0.310 e. The maximum Gasteiger partial charge on any atom is 0.228 e. The van der Waals surface area contributed by atoms with Gasteiger partial charge >= 0.3 is 0 Å². The van der Waals surface area contributed by atoms with Crippen LogP contribution < -0.4 is 5.32 Å². The standard InChI is InChI=1S/C12H13ClN2O2/c1-2-10(16)8-6-14-11(5-9(8)13)15-12(17)7-3-4-7/h5-7H,2-4H2,1H3,(H,14,15,17)/i1D3. The minimum absolute atomic E-state index is 0.0347. The number of ketones is 1. The molecule has 1 heterocycles. The first-order valence-corrected chi connectivity index (χ1v) is 5.64. The van der Waals surface area contributed by atoms with E-state index in [1.165, 1.54) is 12.3 Å². The highest BCUT2D eigenvalue weighted by Crippen LogP contribution is 2.30. The van der Waals surface area contributed by atoms with Gasteiger partial charge < -0.3 is 5.32 Å². The van der Waals surface area contributed by atoms with Crippen molar-refractivity contribution in [3.05, 3.63) is 22.8 Å². The summed E-state index contributed by atoms with van der Waals surface area (Å²) in [5, 5.41) is 2.69. The van der Waals surface area contributed by atoms with E-state index in [0.717, 1.165) is 12.8 Å². The molecule has 17 heavy (non-hydrogen) atoms. The van der Waals surface area contributed by atoms with E-state index >= 15 is 0 Å². The average molecular weight is 256 g/mol. The van der Waals surface area contributed by atoms with Gasteiger partial charge in [0.25, 0.3) is 0 Å². The first-order chi connectivity index (χ1) is 9.26. The summed E-state index contributed by atoms with van der Waals surface area (Å²) in [6.45, 7) is -2.35. The molecule has 5 heteroatoms. The van der Waals surface area contributed by atoms with Gasteiger partial charge in [0, 0.05) is 28.7 Å².